The summed E-state index contributed by atoms with van der Waals surface area (Å²) in [4.78, 5) is 2.30. The van der Waals surface area contributed by atoms with E-state index in [4.69, 9.17) is 16.3 Å². The Balaban J connectivity index is 2.16. The molecule has 1 aromatic rings. The van der Waals surface area contributed by atoms with Crippen molar-refractivity contribution in [1.82, 2.24) is 4.90 Å². The lowest BCUT2D eigenvalue weighted by atomic mass is 9.98. The van der Waals surface area contributed by atoms with Gasteiger partial charge < -0.3 is 9.84 Å². The van der Waals surface area contributed by atoms with Gasteiger partial charge in [0, 0.05) is 30.2 Å². The van der Waals surface area contributed by atoms with E-state index in [0.29, 0.717) is 17.3 Å². The lowest BCUT2D eigenvalue weighted by Gasteiger charge is -2.47. The van der Waals surface area contributed by atoms with E-state index in [1.165, 1.54) is 0 Å². The third-order valence-electron chi connectivity index (χ3n) is 3.20. The number of phenols is 1. The summed E-state index contributed by atoms with van der Waals surface area (Å²) in [6.45, 7) is 10.7. The summed E-state index contributed by atoms with van der Waals surface area (Å²) >= 11 is 5.99. The van der Waals surface area contributed by atoms with Gasteiger partial charge in [-0.25, -0.2) is 0 Å². The molecule has 0 aliphatic carbocycles. The van der Waals surface area contributed by atoms with Crippen molar-refractivity contribution >= 4 is 11.6 Å². The van der Waals surface area contributed by atoms with E-state index in [1.807, 2.05) is 6.07 Å². The molecule has 1 saturated heterocycles. The average molecular weight is 284 g/mol. The minimum Gasteiger partial charge on any atom is -0.508 e. The van der Waals surface area contributed by atoms with Crippen LogP contribution in [0, 0.1) is 0 Å². The molecule has 3 nitrogen and oxygen atoms in total. The van der Waals surface area contributed by atoms with Gasteiger partial charge in [0.25, 0.3) is 0 Å². The van der Waals surface area contributed by atoms with Crippen molar-refractivity contribution in [2.24, 2.45) is 0 Å². The van der Waals surface area contributed by atoms with E-state index < -0.39 is 0 Å². The zero-order valence-corrected chi connectivity index (χ0v) is 12.8. The molecule has 1 heterocycles. The van der Waals surface area contributed by atoms with Gasteiger partial charge in [-0.15, -0.1) is 0 Å². The molecule has 0 saturated carbocycles. The number of phenolic OH excluding ortho intramolecular Hbond substituents is 1. The van der Waals surface area contributed by atoms with Gasteiger partial charge in [0.1, 0.15) is 5.75 Å². The molecule has 1 aliphatic heterocycles. The van der Waals surface area contributed by atoms with Gasteiger partial charge in [0.05, 0.1) is 11.2 Å². The lowest BCUT2D eigenvalue weighted by molar-refractivity contribution is -0.182. The maximum absolute atomic E-state index is 9.91. The summed E-state index contributed by atoms with van der Waals surface area (Å²) in [6.07, 6.45) is 0. The predicted molar refractivity (Wildman–Crippen MR) is 77.6 cm³/mol. The first kappa shape index (κ1) is 14.6. The average Bonchev–Trinajstić information content (AvgIpc) is 2.18. The van der Waals surface area contributed by atoms with Crippen LogP contribution in [0.5, 0.6) is 5.75 Å². The highest BCUT2D eigenvalue weighted by Crippen LogP contribution is 2.30. The van der Waals surface area contributed by atoms with Gasteiger partial charge in [0.2, 0.25) is 0 Å². The first-order valence-corrected chi connectivity index (χ1v) is 6.95. The van der Waals surface area contributed by atoms with Crippen molar-refractivity contribution in [1.29, 1.82) is 0 Å². The van der Waals surface area contributed by atoms with E-state index in [2.05, 4.69) is 32.6 Å². The molecule has 19 heavy (non-hydrogen) atoms. The molecule has 1 aromatic carbocycles. The second kappa shape index (κ2) is 4.97. The quantitative estimate of drug-likeness (QED) is 0.902. The molecule has 106 valence electrons. The Bertz CT molecular complexity index is 455. The zero-order valence-electron chi connectivity index (χ0n) is 12.0. The van der Waals surface area contributed by atoms with E-state index in [9.17, 15) is 5.11 Å². The van der Waals surface area contributed by atoms with Crippen molar-refractivity contribution in [3.63, 3.8) is 0 Å². The Hall–Kier alpha value is -0.770. The van der Waals surface area contributed by atoms with Crippen LogP contribution in [0.25, 0.3) is 0 Å². The molecule has 0 amide bonds. The van der Waals surface area contributed by atoms with Crippen LogP contribution in [-0.2, 0) is 11.3 Å². The maximum Gasteiger partial charge on any atom is 0.120 e. The van der Waals surface area contributed by atoms with E-state index >= 15 is 0 Å². The highest BCUT2D eigenvalue weighted by Gasteiger charge is 2.38. The lowest BCUT2D eigenvalue weighted by Crippen LogP contribution is -2.56. The number of rotatable bonds is 2. The molecular formula is C15H22ClNO2. The van der Waals surface area contributed by atoms with Gasteiger partial charge >= 0.3 is 0 Å². The van der Waals surface area contributed by atoms with Crippen LogP contribution in [-0.4, -0.2) is 34.3 Å². The zero-order chi connectivity index (χ0) is 14.3. The Kier molecular flexibility index (Phi) is 3.83. The number of halogens is 1. The molecule has 0 radical (unpaired) electrons. The largest absolute Gasteiger partial charge is 0.508 e. The number of morpholine rings is 1. The Morgan fingerprint density at radius 1 is 1.21 bits per heavy atom. The number of nitrogens with zero attached hydrogens (tertiary/aromatic N) is 1. The molecule has 0 aromatic heterocycles. The molecule has 0 atom stereocenters. The first-order valence-electron chi connectivity index (χ1n) is 6.57. The van der Waals surface area contributed by atoms with Gasteiger partial charge in [-0.05, 0) is 45.9 Å². The summed E-state index contributed by atoms with van der Waals surface area (Å²) in [6, 6.07) is 5.17. The summed E-state index contributed by atoms with van der Waals surface area (Å²) in [5.41, 5.74) is 0.493. The monoisotopic (exact) mass is 283 g/mol. The molecule has 0 bridgehead atoms. The van der Waals surface area contributed by atoms with Crippen LogP contribution >= 0.6 is 11.6 Å². The second-order valence-corrected chi connectivity index (χ2v) is 6.98. The van der Waals surface area contributed by atoms with E-state index in [1.54, 1.807) is 12.1 Å². The predicted octanol–water partition coefficient (Wildman–Crippen LogP) is 3.44. The number of aromatic hydroxyl groups is 1. The molecular weight excluding hydrogens is 262 g/mol. The molecule has 1 N–H and O–H groups in total. The van der Waals surface area contributed by atoms with Gasteiger partial charge in [-0.1, -0.05) is 11.6 Å². The minimum atomic E-state index is -0.185. The molecule has 1 fully saturated rings. The van der Waals surface area contributed by atoms with E-state index in [0.717, 1.165) is 18.7 Å². The number of hydrogen-bond acceptors (Lipinski definition) is 3. The Morgan fingerprint density at radius 3 is 2.37 bits per heavy atom. The Morgan fingerprint density at radius 2 is 1.79 bits per heavy atom. The molecule has 0 unspecified atom stereocenters. The fourth-order valence-corrected chi connectivity index (χ4v) is 3.17. The molecule has 2 rings (SSSR count). The highest BCUT2D eigenvalue weighted by molar-refractivity contribution is 6.30. The number of hydrogen-bond donors (Lipinski definition) is 1. The van der Waals surface area contributed by atoms with Crippen molar-refractivity contribution in [3.8, 4) is 5.75 Å². The third-order valence-corrected chi connectivity index (χ3v) is 3.43. The normalized spacial score (nSPS) is 22.4. The summed E-state index contributed by atoms with van der Waals surface area (Å²) in [7, 11) is 0. The maximum atomic E-state index is 9.91. The fraction of sp³-hybridized carbons (Fsp3) is 0.600. The molecule has 4 heteroatoms. The van der Waals surface area contributed by atoms with Crippen molar-refractivity contribution in [3.05, 3.63) is 28.8 Å². The number of benzene rings is 1. The molecule has 1 aliphatic rings. The van der Waals surface area contributed by atoms with Gasteiger partial charge in [-0.3, -0.25) is 4.90 Å². The smallest absolute Gasteiger partial charge is 0.120 e. The minimum absolute atomic E-state index is 0.185. The van der Waals surface area contributed by atoms with Crippen molar-refractivity contribution < 1.29 is 9.84 Å². The molecule has 0 spiro atoms. The van der Waals surface area contributed by atoms with Crippen LogP contribution in [0.15, 0.2) is 18.2 Å². The summed E-state index contributed by atoms with van der Waals surface area (Å²) in [5, 5.41) is 10.6. The third kappa shape index (κ3) is 3.85. The summed E-state index contributed by atoms with van der Waals surface area (Å²) in [5.74, 6) is 0.298. The van der Waals surface area contributed by atoms with Gasteiger partial charge in [-0.2, -0.15) is 0 Å². The van der Waals surface area contributed by atoms with Crippen molar-refractivity contribution in [2.75, 3.05) is 13.1 Å². The fourth-order valence-electron chi connectivity index (χ4n) is 2.98. The van der Waals surface area contributed by atoms with Crippen molar-refractivity contribution in [2.45, 2.75) is 45.4 Å². The van der Waals surface area contributed by atoms with Crippen LogP contribution in [0.4, 0.5) is 0 Å². The highest BCUT2D eigenvalue weighted by atomic mass is 35.5. The van der Waals surface area contributed by atoms with Crippen LogP contribution in [0.1, 0.15) is 33.3 Å². The SMILES string of the molecule is CC1(C)CN(Cc2cc(Cl)ccc2O)CC(C)(C)O1. The summed E-state index contributed by atoms with van der Waals surface area (Å²) < 4.78 is 6.05. The Labute approximate surface area is 120 Å². The van der Waals surface area contributed by atoms with Crippen LogP contribution < -0.4 is 0 Å². The first-order chi connectivity index (χ1) is 8.67. The number of ether oxygens (including phenoxy) is 1. The standard InChI is InChI=1S/C15H22ClNO2/c1-14(2)9-17(10-15(3,4)19-14)8-11-7-12(16)5-6-13(11)18/h5-7,18H,8-10H2,1-4H3. The second-order valence-electron chi connectivity index (χ2n) is 6.54. The van der Waals surface area contributed by atoms with E-state index in [-0.39, 0.29) is 11.2 Å². The van der Waals surface area contributed by atoms with Crippen LogP contribution in [0.2, 0.25) is 5.02 Å². The topological polar surface area (TPSA) is 32.7 Å². The van der Waals surface area contributed by atoms with Gasteiger partial charge in [0.15, 0.2) is 0 Å². The van der Waals surface area contributed by atoms with Crippen LogP contribution in [0.3, 0.4) is 0 Å².